The van der Waals surface area contributed by atoms with Gasteiger partial charge < -0.3 is 10.1 Å². The van der Waals surface area contributed by atoms with Gasteiger partial charge in [-0.25, -0.2) is 9.97 Å². The van der Waals surface area contributed by atoms with Crippen LogP contribution in [-0.4, -0.2) is 36.0 Å². The maximum Gasteiger partial charge on any atom is 0.144 e. The molecule has 0 spiro atoms. The van der Waals surface area contributed by atoms with Crippen LogP contribution in [0.15, 0.2) is 15.8 Å². The summed E-state index contributed by atoms with van der Waals surface area (Å²) in [6.07, 6.45) is 2.65. The molecule has 90 valence electrons. The van der Waals surface area contributed by atoms with Crippen molar-refractivity contribution in [1.29, 1.82) is 0 Å². The number of thioether (sulfide) groups is 1. The molecule has 0 aliphatic rings. The number of methoxy groups -OCH3 is 1. The molecule has 0 radical (unpaired) electrons. The fraction of sp³-hybridized carbons (Fsp3) is 0.600. The molecular weight excluding hydrogens is 290 g/mol. The Bertz CT molecular complexity index is 325. The first-order chi connectivity index (χ1) is 7.79. The summed E-state index contributed by atoms with van der Waals surface area (Å²) in [6.45, 7) is 3.76. The second-order valence-electron chi connectivity index (χ2n) is 3.11. The standard InChI is InChI=1S/C10H16BrN3OS/c1-3-4-12-9-8(11)10(14-7-13-9)16-6-5-15-2/h7H,3-6H2,1-2H3,(H,12,13,14). The molecule has 0 fully saturated rings. The molecule has 0 aliphatic carbocycles. The van der Waals surface area contributed by atoms with Crippen LogP contribution in [0.4, 0.5) is 5.82 Å². The van der Waals surface area contributed by atoms with Gasteiger partial charge in [-0.05, 0) is 22.4 Å². The number of rotatable bonds is 7. The van der Waals surface area contributed by atoms with Crippen molar-refractivity contribution in [1.82, 2.24) is 9.97 Å². The smallest absolute Gasteiger partial charge is 0.144 e. The van der Waals surface area contributed by atoms with Gasteiger partial charge in [-0.2, -0.15) is 0 Å². The quantitative estimate of drug-likeness (QED) is 0.477. The van der Waals surface area contributed by atoms with E-state index in [0.717, 1.165) is 40.6 Å². The zero-order valence-corrected chi connectivity index (χ0v) is 11.9. The van der Waals surface area contributed by atoms with E-state index in [9.17, 15) is 0 Å². The third-order valence-electron chi connectivity index (χ3n) is 1.83. The SMILES string of the molecule is CCCNc1ncnc(SCCOC)c1Br. The lowest BCUT2D eigenvalue weighted by atomic mass is 10.4. The van der Waals surface area contributed by atoms with Gasteiger partial charge in [0.05, 0.1) is 11.1 Å². The minimum atomic E-state index is 0.721. The number of ether oxygens (including phenoxy) is 1. The second kappa shape index (κ2) is 7.86. The molecule has 0 aromatic carbocycles. The lowest BCUT2D eigenvalue weighted by Crippen LogP contribution is -2.04. The van der Waals surface area contributed by atoms with Gasteiger partial charge in [-0.15, -0.1) is 11.8 Å². The van der Waals surface area contributed by atoms with Crippen LogP contribution in [-0.2, 0) is 4.74 Å². The van der Waals surface area contributed by atoms with Gasteiger partial charge in [-0.3, -0.25) is 0 Å². The first-order valence-corrected chi connectivity index (χ1v) is 6.93. The minimum Gasteiger partial charge on any atom is -0.384 e. The van der Waals surface area contributed by atoms with Crippen LogP contribution in [0.25, 0.3) is 0 Å². The highest BCUT2D eigenvalue weighted by Gasteiger charge is 2.08. The van der Waals surface area contributed by atoms with Crippen LogP contribution in [0, 0.1) is 0 Å². The number of hydrogen-bond donors (Lipinski definition) is 1. The maximum atomic E-state index is 5.00. The zero-order valence-electron chi connectivity index (χ0n) is 9.49. The number of aromatic nitrogens is 2. The summed E-state index contributed by atoms with van der Waals surface area (Å²) in [5.74, 6) is 1.75. The monoisotopic (exact) mass is 305 g/mol. The van der Waals surface area contributed by atoms with E-state index in [0.29, 0.717) is 0 Å². The van der Waals surface area contributed by atoms with Crippen LogP contribution in [0.1, 0.15) is 13.3 Å². The van der Waals surface area contributed by atoms with Gasteiger partial charge in [0.15, 0.2) is 0 Å². The fourth-order valence-electron chi connectivity index (χ4n) is 1.04. The van der Waals surface area contributed by atoms with Gasteiger partial charge >= 0.3 is 0 Å². The topological polar surface area (TPSA) is 47.0 Å². The average Bonchev–Trinajstić information content (AvgIpc) is 2.30. The molecule has 0 atom stereocenters. The number of nitrogens with zero attached hydrogens (tertiary/aromatic N) is 2. The van der Waals surface area contributed by atoms with E-state index in [1.54, 1.807) is 25.2 Å². The molecule has 1 heterocycles. The average molecular weight is 306 g/mol. The Kier molecular flexibility index (Phi) is 6.75. The molecule has 1 N–H and O–H groups in total. The first kappa shape index (κ1) is 13.7. The van der Waals surface area contributed by atoms with Crippen LogP contribution in [0.2, 0.25) is 0 Å². The Balaban J connectivity index is 2.62. The Morgan fingerprint density at radius 2 is 2.31 bits per heavy atom. The van der Waals surface area contributed by atoms with E-state index in [1.165, 1.54) is 0 Å². The minimum absolute atomic E-state index is 0.721. The maximum absolute atomic E-state index is 5.00. The fourth-order valence-corrected chi connectivity index (χ4v) is 2.52. The number of hydrogen-bond acceptors (Lipinski definition) is 5. The van der Waals surface area contributed by atoms with Crippen LogP contribution >= 0.6 is 27.7 Å². The van der Waals surface area contributed by atoms with E-state index < -0.39 is 0 Å². The summed E-state index contributed by atoms with van der Waals surface area (Å²) in [6, 6.07) is 0. The number of anilines is 1. The molecule has 0 aliphatic heterocycles. The van der Waals surface area contributed by atoms with E-state index >= 15 is 0 Å². The Hall–Kier alpha value is -0.330. The van der Waals surface area contributed by atoms with Crippen LogP contribution in [0.3, 0.4) is 0 Å². The van der Waals surface area contributed by atoms with Crippen LogP contribution in [0.5, 0.6) is 0 Å². The third kappa shape index (κ3) is 4.27. The van der Waals surface area contributed by atoms with Crippen molar-refractivity contribution in [3.05, 3.63) is 10.8 Å². The Labute approximate surface area is 109 Å². The molecule has 1 aromatic rings. The van der Waals surface area contributed by atoms with Crippen molar-refractivity contribution in [2.24, 2.45) is 0 Å². The molecule has 1 rings (SSSR count). The van der Waals surface area contributed by atoms with Gasteiger partial charge in [0, 0.05) is 19.4 Å². The molecule has 0 saturated carbocycles. The highest BCUT2D eigenvalue weighted by Crippen LogP contribution is 2.29. The molecule has 16 heavy (non-hydrogen) atoms. The molecule has 0 amide bonds. The molecular formula is C10H16BrN3OS. The van der Waals surface area contributed by atoms with Crippen molar-refractivity contribution >= 4 is 33.5 Å². The van der Waals surface area contributed by atoms with E-state index in [4.69, 9.17) is 4.74 Å². The van der Waals surface area contributed by atoms with Gasteiger partial charge in [0.1, 0.15) is 17.2 Å². The van der Waals surface area contributed by atoms with Crippen molar-refractivity contribution < 1.29 is 4.74 Å². The normalized spacial score (nSPS) is 10.4. The van der Waals surface area contributed by atoms with Gasteiger partial charge in [0.25, 0.3) is 0 Å². The lowest BCUT2D eigenvalue weighted by molar-refractivity contribution is 0.218. The summed E-state index contributed by atoms with van der Waals surface area (Å²) in [5.41, 5.74) is 0. The van der Waals surface area contributed by atoms with E-state index in [1.807, 2.05) is 0 Å². The zero-order chi connectivity index (χ0) is 11.8. The molecule has 4 nitrogen and oxygen atoms in total. The first-order valence-electron chi connectivity index (χ1n) is 5.15. The van der Waals surface area contributed by atoms with Crippen molar-refractivity contribution in [2.45, 2.75) is 18.4 Å². The van der Waals surface area contributed by atoms with E-state index in [2.05, 4.69) is 38.1 Å². The molecule has 1 aromatic heterocycles. The Morgan fingerprint density at radius 3 is 3.00 bits per heavy atom. The Morgan fingerprint density at radius 1 is 1.50 bits per heavy atom. The van der Waals surface area contributed by atoms with Crippen molar-refractivity contribution in [2.75, 3.05) is 31.3 Å². The largest absolute Gasteiger partial charge is 0.384 e. The summed E-state index contributed by atoms with van der Waals surface area (Å²) >= 11 is 5.17. The molecule has 0 saturated heterocycles. The van der Waals surface area contributed by atoms with Gasteiger partial charge in [0.2, 0.25) is 0 Å². The van der Waals surface area contributed by atoms with E-state index in [-0.39, 0.29) is 0 Å². The van der Waals surface area contributed by atoms with Crippen molar-refractivity contribution in [3.63, 3.8) is 0 Å². The predicted molar refractivity (Wildman–Crippen MR) is 71.1 cm³/mol. The summed E-state index contributed by atoms with van der Waals surface area (Å²) in [7, 11) is 1.70. The molecule has 0 unspecified atom stereocenters. The summed E-state index contributed by atoms with van der Waals surface area (Å²) in [5, 5.41) is 4.20. The highest BCUT2D eigenvalue weighted by atomic mass is 79.9. The third-order valence-corrected chi connectivity index (χ3v) is 3.79. The lowest BCUT2D eigenvalue weighted by Gasteiger charge is -2.08. The second-order valence-corrected chi connectivity index (χ2v) is 4.99. The number of nitrogens with one attached hydrogen (secondary N) is 1. The summed E-state index contributed by atoms with van der Waals surface area (Å²) in [4.78, 5) is 8.42. The molecule has 6 heteroatoms. The predicted octanol–water partition coefficient (Wildman–Crippen LogP) is 2.80. The molecule has 0 bridgehead atoms. The highest BCUT2D eigenvalue weighted by molar-refractivity contribution is 9.10. The van der Waals surface area contributed by atoms with Gasteiger partial charge in [-0.1, -0.05) is 6.92 Å². The van der Waals surface area contributed by atoms with Crippen LogP contribution < -0.4 is 5.32 Å². The summed E-state index contributed by atoms with van der Waals surface area (Å²) < 4.78 is 5.94. The number of halogens is 1. The van der Waals surface area contributed by atoms with Crippen molar-refractivity contribution in [3.8, 4) is 0 Å².